The van der Waals surface area contributed by atoms with E-state index in [1.807, 2.05) is 53.9 Å². The van der Waals surface area contributed by atoms with E-state index >= 15 is 0 Å². The number of esters is 1. The molecule has 1 aromatic heterocycles. The van der Waals surface area contributed by atoms with Gasteiger partial charge in [0.05, 0.1) is 23.0 Å². The van der Waals surface area contributed by atoms with Gasteiger partial charge in [-0.05, 0) is 57.3 Å². The van der Waals surface area contributed by atoms with Gasteiger partial charge in [0.25, 0.3) is 0 Å². The van der Waals surface area contributed by atoms with Gasteiger partial charge in [0, 0.05) is 17.8 Å². The summed E-state index contributed by atoms with van der Waals surface area (Å²) in [6.07, 6.45) is 4.62. The Morgan fingerprint density at radius 3 is 1.97 bits per heavy atom. The molecule has 0 radical (unpaired) electrons. The first kappa shape index (κ1) is 23.1. The molecule has 0 amide bonds. The highest BCUT2D eigenvalue weighted by atomic mass is 32.1. The first-order chi connectivity index (χ1) is 18.7. The number of allylic oxidation sites excluding steroid dienone is 3. The Morgan fingerprint density at radius 2 is 1.39 bits per heavy atom. The summed E-state index contributed by atoms with van der Waals surface area (Å²) in [5, 5.41) is 1.99. The van der Waals surface area contributed by atoms with Crippen LogP contribution < -0.4 is 0 Å². The van der Waals surface area contributed by atoms with Gasteiger partial charge in [0.2, 0.25) is 0 Å². The van der Waals surface area contributed by atoms with E-state index < -0.39 is 5.41 Å². The number of methoxy groups -OCH3 is 1. The number of carbonyl (C=O) groups is 2. The Balaban J connectivity index is 1.46. The van der Waals surface area contributed by atoms with E-state index in [9.17, 15) is 9.59 Å². The molecular weight excluding hydrogens is 488 g/mol. The predicted octanol–water partition coefficient (Wildman–Crippen LogP) is 7.44. The molecule has 186 valence electrons. The van der Waals surface area contributed by atoms with Gasteiger partial charge in [-0.2, -0.15) is 0 Å². The van der Waals surface area contributed by atoms with Crippen LogP contribution in [0.3, 0.4) is 0 Å². The van der Waals surface area contributed by atoms with Crippen LogP contribution in [0.4, 0.5) is 0 Å². The van der Waals surface area contributed by atoms with Crippen LogP contribution in [-0.4, -0.2) is 18.9 Å². The van der Waals surface area contributed by atoms with Crippen LogP contribution in [0, 0.1) is 23.2 Å². The summed E-state index contributed by atoms with van der Waals surface area (Å²) >= 11 is 1.53. The third kappa shape index (κ3) is 3.20. The second kappa shape index (κ2) is 8.78. The van der Waals surface area contributed by atoms with Crippen LogP contribution in [-0.2, 0) is 4.74 Å². The number of hydrogen-bond donors (Lipinski definition) is 0. The monoisotopic (exact) mass is 514 g/mol. The number of rotatable bonds is 6. The minimum atomic E-state index is -0.513. The molecule has 0 saturated heterocycles. The highest BCUT2D eigenvalue weighted by Gasteiger charge is 2.80. The van der Waals surface area contributed by atoms with Crippen molar-refractivity contribution in [3.63, 3.8) is 0 Å². The topological polar surface area (TPSA) is 43.4 Å². The highest BCUT2D eigenvalue weighted by molar-refractivity contribution is 7.12. The molecule has 1 unspecified atom stereocenters. The number of ketones is 1. The molecule has 2 saturated carbocycles. The molecule has 4 aliphatic rings. The van der Waals surface area contributed by atoms with Crippen molar-refractivity contribution in [1.29, 1.82) is 0 Å². The maximum Gasteiger partial charge on any atom is 0.337 e. The van der Waals surface area contributed by atoms with Gasteiger partial charge in [-0.15, -0.1) is 11.3 Å². The lowest BCUT2D eigenvalue weighted by molar-refractivity contribution is 0.0600. The van der Waals surface area contributed by atoms with Gasteiger partial charge < -0.3 is 4.74 Å². The third-order valence-electron chi connectivity index (χ3n) is 8.65. The van der Waals surface area contributed by atoms with E-state index in [0.29, 0.717) is 5.56 Å². The number of thiophene rings is 1. The SMILES string of the molecule is COC(=O)c1ccc([C@@H]2[C@@H]3C=C[C@H]4C(C3=C(c3ccccc3)c3ccccc3)[C@]24C(=O)c2cccs2)cc1. The number of Topliss-reactive ketones (excluding diaryl/α,β-unsaturated/α-hetero) is 1. The second-order valence-corrected chi connectivity index (χ2v) is 11.3. The zero-order valence-electron chi connectivity index (χ0n) is 20.9. The molecule has 3 nitrogen and oxygen atoms in total. The predicted molar refractivity (Wildman–Crippen MR) is 150 cm³/mol. The van der Waals surface area contributed by atoms with Gasteiger partial charge in [0.1, 0.15) is 0 Å². The van der Waals surface area contributed by atoms with Crippen molar-refractivity contribution in [2.75, 3.05) is 7.11 Å². The van der Waals surface area contributed by atoms with Gasteiger partial charge in [-0.1, -0.05) is 91.0 Å². The number of ether oxygens (including phenoxy) is 1. The van der Waals surface area contributed by atoms with Crippen molar-refractivity contribution in [3.8, 4) is 0 Å². The van der Waals surface area contributed by atoms with E-state index in [4.69, 9.17) is 4.74 Å². The van der Waals surface area contributed by atoms with Crippen molar-refractivity contribution >= 4 is 28.7 Å². The van der Waals surface area contributed by atoms with E-state index in [-0.39, 0.29) is 35.4 Å². The number of hydrogen-bond acceptors (Lipinski definition) is 4. The quantitative estimate of drug-likeness (QED) is 0.153. The summed E-state index contributed by atoms with van der Waals surface area (Å²) in [7, 11) is 1.40. The summed E-state index contributed by atoms with van der Waals surface area (Å²) in [5.41, 5.74) is 6.07. The minimum absolute atomic E-state index is 0.00113. The lowest BCUT2D eigenvalue weighted by Gasteiger charge is -2.33. The molecule has 1 heterocycles. The van der Waals surface area contributed by atoms with Crippen LogP contribution in [0.15, 0.2) is 120 Å². The van der Waals surface area contributed by atoms with Crippen LogP contribution in [0.25, 0.3) is 5.57 Å². The Labute approximate surface area is 226 Å². The third-order valence-corrected chi connectivity index (χ3v) is 9.52. The fraction of sp³-hybridized carbons (Fsp3) is 0.176. The molecule has 4 heteroatoms. The average molecular weight is 515 g/mol. The van der Waals surface area contributed by atoms with E-state index in [0.717, 1.165) is 10.4 Å². The summed E-state index contributed by atoms with van der Waals surface area (Å²) in [4.78, 5) is 27.3. The molecule has 4 bridgehead atoms. The van der Waals surface area contributed by atoms with Crippen molar-refractivity contribution in [3.05, 3.63) is 147 Å². The Morgan fingerprint density at radius 1 is 0.737 bits per heavy atom. The smallest absolute Gasteiger partial charge is 0.337 e. The van der Waals surface area contributed by atoms with Gasteiger partial charge in [-0.3, -0.25) is 4.79 Å². The van der Waals surface area contributed by atoms with E-state index in [1.54, 1.807) is 0 Å². The zero-order chi connectivity index (χ0) is 25.9. The van der Waals surface area contributed by atoms with E-state index in [1.165, 1.54) is 40.7 Å². The molecular formula is C34H26O3S. The lowest BCUT2D eigenvalue weighted by atomic mass is 9.69. The van der Waals surface area contributed by atoms with Gasteiger partial charge in [-0.25, -0.2) is 4.79 Å². The molecule has 0 N–H and O–H groups in total. The summed E-state index contributed by atoms with van der Waals surface area (Å²) in [6, 6.07) is 32.8. The fourth-order valence-corrected chi connectivity index (χ4v) is 7.95. The molecule has 38 heavy (non-hydrogen) atoms. The van der Waals surface area contributed by atoms with Crippen LogP contribution >= 0.6 is 11.3 Å². The number of benzene rings is 3. The van der Waals surface area contributed by atoms with Crippen LogP contribution in [0.2, 0.25) is 0 Å². The Bertz CT molecular complexity index is 1540. The van der Waals surface area contributed by atoms with Crippen molar-refractivity contribution in [1.82, 2.24) is 0 Å². The molecule has 8 rings (SSSR count). The molecule has 3 aromatic carbocycles. The average Bonchev–Trinajstić information content (AvgIpc) is 3.26. The normalized spacial score (nSPS) is 26.2. The van der Waals surface area contributed by atoms with Gasteiger partial charge >= 0.3 is 5.97 Å². The standard InChI is InChI=1S/C34H26O3S/c1-37-33(36)24-16-14-23(15-17-24)30-25-18-19-26-31(34(26,30)32(35)27-13-8-20-38-27)29(25)28(21-9-4-2-5-10-21)22-11-6-3-7-12-22/h2-20,25-26,30-31H,1H3/t25-,26+,30-,31?,34-/m1/s1. The zero-order valence-corrected chi connectivity index (χ0v) is 21.7. The first-order valence-electron chi connectivity index (χ1n) is 13.0. The Kier molecular flexibility index (Phi) is 5.34. The lowest BCUT2D eigenvalue weighted by Crippen LogP contribution is -2.30. The first-order valence-corrected chi connectivity index (χ1v) is 13.8. The van der Waals surface area contributed by atoms with Crippen molar-refractivity contribution in [2.45, 2.75) is 5.92 Å². The molecule has 4 aliphatic carbocycles. The molecule has 4 aromatic rings. The summed E-state index contributed by atoms with van der Waals surface area (Å²) in [5.74, 6) is 0.288. The molecule has 2 fully saturated rings. The fourth-order valence-electron chi connectivity index (χ4n) is 7.21. The van der Waals surface area contributed by atoms with E-state index in [2.05, 4.69) is 60.7 Å². The molecule has 0 aliphatic heterocycles. The Hall–Kier alpha value is -4.02. The maximum atomic E-state index is 14.4. The molecule has 0 spiro atoms. The second-order valence-electron chi connectivity index (χ2n) is 10.3. The largest absolute Gasteiger partial charge is 0.465 e. The summed E-state index contributed by atoms with van der Waals surface area (Å²) in [6.45, 7) is 0. The number of carbonyl (C=O) groups excluding carboxylic acids is 2. The maximum absolute atomic E-state index is 14.4. The van der Waals surface area contributed by atoms with Crippen molar-refractivity contribution < 1.29 is 14.3 Å². The van der Waals surface area contributed by atoms with Crippen molar-refractivity contribution in [2.24, 2.45) is 23.2 Å². The van der Waals surface area contributed by atoms with Gasteiger partial charge in [0.15, 0.2) is 5.78 Å². The highest BCUT2D eigenvalue weighted by Crippen LogP contribution is 2.82. The van der Waals surface area contributed by atoms with Crippen LogP contribution in [0.5, 0.6) is 0 Å². The van der Waals surface area contributed by atoms with Crippen LogP contribution in [0.1, 0.15) is 42.6 Å². The summed E-state index contributed by atoms with van der Waals surface area (Å²) < 4.78 is 4.92. The molecule has 5 atom stereocenters. The minimum Gasteiger partial charge on any atom is -0.465 e.